The molecular weight excluding hydrogens is 325 g/mol. The molecule has 0 unspecified atom stereocenters. The molecule has 2 aromatic carbocycles. The summed E-state index contributed by atoms with van der Waals surface area (Å²) in [6, 6.07) is 8.44. The molecule has 0 fully saturated rings. The van der Waals surface area contributed by atoms with E-state index < -0.39 is 16.6 Å². The lowest BCUT2D eigenvalue weighted by atomic mass is 10.1. The zero-order valence-electron chi connectivity index (χ0n) is 12.1. The quantitative estimate of drug-likeness (QED) is 0.643. The van der Waals surface area contributed by atoms with Crippen molar-refractivity contribution in [3.05, 3.63) is 62.9 Å². The van der Waals surface area contributed by atoms with Crippen molar-refractivity contribution < 1.29 is 14.1 Å². The largest absolute Gasteiger partial charge is 0.376 e. The fraction of sp³-hybridized carbons (Fsp3) is 0.133. The summed E-state index contributed by atoms with van der Waals surface area (Å²) >= 11 is 5.65. The number of nitrogens with one attached hydrogen (secondary N) is 2. The standard InChI is InChI=1S/C15H13ClFN3O3/c1-9-13(3-2-4-14(9)20(22)23)19-15(21)8-18-10-5-6-12(17)11(16)7-10/h2-7,18H,8H2,1H3,(H,19,21). The summed E-state index contributed by atoms with van der Waals surface area (Å²) in [5.41, 5.74) is 1.15. The van der Waals surface area contributed by atoms with E-state index in [1.165, 1.54) is 30.3 Å². The van der Waals surface area contributed by atoms with Gasteiger partial charge in [0.15, 0.2) is 0 Å². The summed E-state index contributed by atoms with van der Waals surface area (Å²) in [6.07, 6.45) is 0. The first kappa shape index (κ1) is 16.7. The van der Waals surface area contributed by atoms with Gasteiger partial charge in [0, 0.05) is 11.8 Å². The van der Waals surface area contributed by atoms with Crippen LogP contribution in [0.15, 0.2) is 36.4 Å². The lowest BCUT2D eigenvalue weighted by molar-refractivity contribution is -0.385. The van der Waals surface area contributed by atoms with Gasteiger partial charge in [-0.1, -0.05) is 17.7 Å². The van der Waals surface area contributed by atoms with Crippen molar-refractivity contribution >= 4 is 34.6 Å². The first-order valence-electron chi connectivity index (χ1n) is 6.61. The lowest BCUT2D eigenvalue weighted by Gasteiger charge is -2.10. The van der Waals surface area contributed by atoms with Gasteiger partial charge in [0.05, 0.1) is 27.7 Å². The molecule has 120 valence electrons. The summed E-state index contributed by atoms with van der Waals surface area (Å²) in [5.74, 6) is -0.942. The summed E-state index contributed by atoms with van der Waals surface area (Å²) in [6.45, 7) is 1.46. The van der Waals surface area contributed by atoms with Gasteiger partial charge in [-0.3, -0.25) is 14.9 Å². The Hall–Kier alpha value is -2.67. The summed E-state index contributed by atoms with van der Waals surface area (Å²) < 4.78 is 13.0. The molecule has 0 aliphatic carbocycles. The molecule has 23 heavy (non-hydrogen) atoms. The molecule has 0 saturated heterocycles. The number of hydrogen-bond acceptors (Lipinski definition) is 4. The lowest BCUT2D eigenvalue weighted by Crippen LogP contribution is -2.22. The van der Waals surface area contributed by atoms with Gasteiger partial charge in [0.2, 0.25) is 5.91 Å². The van der Waals surface area contributed by atoms with E-state index in [4.69, 9.17) is 11.6 Å². The van der Waals surface area contributed by atoms with E-state index in [0.717, 1.165) is 0 Å². The molecule has 8 heteroatoms. The number of nitrogens with zero attached hydrogens (tertiary/aromatic N) is 1. The van der Waals surface area contributed by atoms with Gasteiger partial charge in [-0.15, -0.1) is 0 Å². The van der Waals surface area contributed by atoms with Crippen LogP contribution in [0.2, 0.25) is 5.02 Å². The molecule has 0 aliphatic heterocycles. The van der Waals surface area contributed by atoms with Crippen LogP contribution in [0, 0.1) is 22.9 Å². The second kappa shape index (κ2) is 7.06. The molecule has 2 aromatic rings. The van der Waals surface area contributed by atoms with Gasteiger partial charge in [-0.25, -0.2) is 4.39 Å². The van der Waals surface area contributed by atoms with Crippen molar-refractivity contribution in [1.29, 1.82) is 0 Å². The van der Waals surface area contributed by atoms with Crippen LogP contribution in [0.1, 0.15) is 5.56 Å². The number of halogens is 2. The third-order valence-corrected chi connectivity index (χ3v) is 3.44. The summed E-state index contributed by atoms with van der Waals surface area (Å²) in [4.78, 5) is 22.3. The molecule has 0 bridgehead atoms. The molecule has 0 aromatic heterocycles. The Morgan fingerprint density at radius 3 is 2.74 bits per heavy atom. The average Bonchev–Trinajstić information content (AvgIpc) is 2.50. The molecule has 2 rings (SSSR count). The Labute approximate surface area is 136 Å². The molecule has 6 nitrogen and oxygen atoms in total. The number of amides is 1. The minimum atomic E-state index is -0.547. The van der Waals surface area contributed by atoms with Gasteiger partial charge in [-0.2, -0.15) is 0 Å². The van der Waals surface area contributed by atoms with E-state index in [9.17, 15) is 19.3 Å². The molecule has 0 aliphatic rings. The van der Waals surface area contributed by atoms with Gasteiger partial charge < -0.3 is 10.6 Å². The van der Waals surface area contributed by atoms with Crippen LogP contribution in [0.4, 0.5) is 21.5 Å². The van der Waals surface area contributed by atoms with Gasteiger partial charge in [-0.05, 0) is 31.2 Å². The minimum absolute atomic E-state index is 0.0510. The monoisotopic (exact) mass is 337 g/mol. The summed E-state index contributed by atoms with van der Waals surface area (Å²) in [7, 11) is 0. The molecule has 0 saturated carbocycles. The molecular formula is C15H13ClFN3O3. The average molecular weight is 338 g/mol. The van der Waals surface area contributed by atoms with Crippen molar-refractivity contribution in [3.8, 4) is 0 Å². The molecule has 0 heterocycles. The van der Waals surface area contributed by atoms with Gasteiger partial charge in [0.1, 0.15) is 5.82 Å². The number of nitro groups is 1. The Kier molecular flexibility index (Phi) is 5.13. The SMILES string of the molecule is Cc1c(NC(=O)CNc2ccc(F)c(Cl)c2)cccc1[N+](=O)[O-]. The Balaban J connectivity index is 2.01. The van der Waals surface area contributed by atoms with Crippen molar-refractivity contribution in [2.75, 3.05) is 17.2 Å². The van der Waals surface area contributed by atoms with Gasteiger partial charge >= 0.3 is 0 Å². The van der Waals surface area contributed by atoms with E-state index >= 15 is 0 Å². The van der Waals surface area contributed by atoms with Crippen molar-refractivity contribution in [1.82, 2.24) is 0 Å². The molecule has 2 N–H and O–H groups in total. The number of anilines is 2. The highest BCUT2D eigenvalue weighted by Gasteiger charge is 2.14. The second-order valence-corrected chi connectivity index (χ2v) is 5.14. The Morgan fingerprint density at radius 2 is 2.09 bits per heavy atom. The number of carbonyl (C=O) groups excluding carboxylic acids is 1. The van der Waals surface area contributed by atoms with Crippen LogP contribution in [-0.4, -0.2) is 17.4 Å². The number of rotatable bonds is 5. The van der Waals surface area contributed by atoms with E-state index in [-0.39, 0.29) is 17.3 Å². The van der Waals surface area contributed by atoms with Crippen LogP contribution in [0.5, 0.6) is 0 Å². The fourth-order valence-corrected chi connectivity index (χ4v) is 2.12. The zero-order chi connectivity index (χ0) is 17.0. The maximum atomic E-state index is 13.0. The highest BCUT2D eigenvalue weighted by molar-refractivity contribution is 6.31. The van der Waals surface area contributed by atoms with Crippen LogP contribution >= 0.6 is 11.6 Å². The second-order valence-electron chi connectivity index (χ2n) is 4.74. The third-order valence-electron chi connectivity index (χ3n) is 3.15. The molecule has 0 radical (unpaired) electrons. The fourth-order valence-electron chi connectivity index (χ4n) is 1.94. The van der Waals surface area contributed by atoms with Gasteiger partial charge in [0.25, 0.3) is 5.69 Å². The number of benzene rings is 2. The molecule has 0 atom stereocenters. The van der Waals surface area contributed by atoms with E-state index in [1.807, 2.05) is 0 Å². The first-order chi connectivity index (χ1) is 10.9. The predicted molar refractivity (Wildman–Crippen MR) is 86.4 cm³/mol. The zero-order valence-corrected chi connectivity index (χ0v) is 12.9. The van der Waals surface area contributed by atoms with Crippen LogP contribution in [0.25, 0.3) is 0 Å². The number of carbonyl (C=O) groups is 1. The highest BCUT2D eigenvalue weighted by Crippen LogP contribution is 2.25. The topological polar surface area (TPSA) is 84.3 Å². The van der Waals surface area contributed by atoms with Crippen molar-refractivity contribution in [3.63, 3.8) is 0 Å². The predicted octanol–water partition coefficient (Wildman–Crippen LogP) is 3.75. The van der Waals surface area contributed by atoms with Crippen molar-refractivity contribution in [2.24, 2.45) is 0 Å². The van der Waals surface area contributed by atoms with Crippen LogP contribution in [-0.2, 0) is 4.79 Å². The first-order valence-corrected chi connectivity index (χ1v) is 6.99. The van der Waals surface area contributed by atoms with Crippen molar-refractivity contribution in [2.45, 2.75) is 6.92 Å². The number of nitro benzene ring substituents is 1. The number of hydrogen-bond donors (Lipinski definition) is 2. The van der Waals surface area contributed by atoms with Crippen LogP contribution in [0.3, 0.4) is 0 Å². The minimum Gasteiger partial charge on any atom is -0.376 e. The van der Waals surface area contributed by atoms with E-state index in [2.05, 4.69) is 10.6 Å². The maximum absolute atomic E-state index is 13.0. The normalized spacial score (nSPS) is 10.2. The molecule has 0 spiro atoms. The Bertz CT molecular complexity index is 768. The maximum Gasteiger partial charge on any atom is 0.274 e. The Morgan fingerprint density at radius 1 is 1.35 bits per heavy atom. The molecule has 1 amide bonds. The van der Waals surface area contributed by atoms with E-state index in [1.54, 1.807) is 13.0 Å². The van der Waals surface area contributed by atoms with E-state index in [0.29, 0.717) is 16.9 Å². The third kappa shape index (κ3) is 4.17. The van der Waals surface area contributed by atoms with Crippen LogP contribution < -0.4 is 10.6 Å². The highest BCUT2D eigenvalue weighted by atomic mass is 35.5. The summed E-state index contributed by atoms with van der Waals surface area (Å²) in [5, 5.41) is 16.2. The smallest absolute Gasteiger partial charge is 0.274 e.